The van der Waals surface area contributed by atoms with Gasteiger partial charge in [-0.1, -0.05) is 162 Å². The first kappa shape index (κ1) is 44.2. The summed E-state index contributed by atoms with van der Waals surface area (Å²) in [6.45, 7) is 3.81. The van der Waals surface area contributed by atoms with Crippen molar-refractivity contribution in [2.45, 2.75) is 224 Å². The van der Waals surface area contributed by atoms with Crippen molar-refractivity contribution >= 4 is 5.91 Å². The molecule has 9 heteroatoms. The highest BCUT2D eigenvalue weighted by molar-refractivity contribution is 5.76. The van der Waals surface area contributed by atoms with Crippen molar-refractivity contribution in [3.8, 4) is 0 Å². The summed E-state index contributed by atoms with van der Waals surface area (Å²) in [5, 5.41) is 54.0. The third kappa shape index (κ3) is 21.8. The Hall–Kier alpha value is -0.810. The molecule has 0 bridgehead atoms. The van der Waals surface area contributed by atoms with Gasteiger partial charge < -0.3 is 40.3 Å². The van der Waals surface area contributed by atoms with Gasteiger partial charge >= 0.3 is 0 Å². The molecule has 1 aliphatic heterocycles. The quantitative estimate of drug-likeness (QED) is 0.0426. The number of nitrogens with one attached hydrogen (secondary N) is 1. The van der Waals surface area contributed by atoms with Gasteiger partial charge in [-0.15, -0.1) is 0 Å². The molecule has 0 spiro atoms. The van der Waals surface area contributed by atoms with Gasteiger partial charge in [-0.3, -0.25) is 4.79 Å². The van der Waals surface area contributed by atoms with Crippen molar-refractivity contribution in [1.29, 1.82) is 0 Å². The summed E-state index contributed by atoms with van der Waals surface area (Å²) in [6, 6.07) is -0.708. The second-order valence-corrected chi connectivity index (χ2v) is 14.1. The summed E-state index contributed by atoms with van der Waals surface area (Å²) in [7, 11) is 0. The van der Waals surface area contributed by atoms with Crippen LogP contribution >= 0.6 is 0 Å². The predicted molar refractivity (Wildman–Crippen MR) is 189 cm³/mol. The lowest BCUT2D eigenvalue weighted by molar-refractivity contribution is -0.302. The van der Waals surface area contributed by atoms with E-state index in [1.54, 1.807) is 0 Å². The van der Waals surface area contributed by atoms with Crippen LogP contribution in [0.1, 0.15) is 181 Å². The maximum Gasteiger partial charge on any atom is 0.220 e. The van der Waals surface area contributed by atoms with E-state index < -0.39 is 49.5 Å². The molecule has 0 aromatic rings. The molecule has 1 aliphatic rings. The lowest BCUT2D eigenvalue weighted by Gasteiger charge is -2.40. The van der Waals surface area contributed by atoms with Gasteiger partial charge in [0.1, 0.15) is 24.4 Å². The van der Waals surface area contributed by atoms with Gasteiger partial charge in [-0.25, -0.2) is 0 Å². The summed E-state index contributed by atoms with van der Waals surface area (Å²) in [5.41, 5.74) is 0. The molecule has 1 saturated heterocycles. The fourth-order valence-electron chi connectivity index (χ4n) is 6.45. The number of rotatable bonds is 32. The van der Waals surface area contributed by atoms with Gasteiger partial charge in [0.15, 0.2) is 6.29 Å². The molecule has 9 nitrogen and oxygen atoms in total. The molecule has 1 heterocycles. The minimum atomic E-state index is -1.55. The molecule has 47 heavy (non-hydrogen) atoms. The molecule has 280 valence electrons. The van der Waals surface area contributed by atoms with Crippen molar-refractivity contribution in [2.24, 2.45) is 0 Å². The van der Waals surface area contributed by atoms with E-state index in [0.717, 1.165) is 38.5 Å². The van der Waals surface area contributed by atoms with Crippen molar-refractivity contribution in [2.75, 3.05) is 13.2 Å². The van der Waals surface area contributed by atoms with Crippen LogP contribution in [0.2, 0.25) is 0 Å². The molecule has 0 radical (unpaired) electrons. The Kier molecular flexibility index (Phi) is 28.3. The second kappa shape index (κ2) is 30.1. The molecule has 0 aliphatic carbocycles. The van der Waals surface area contributed by atoms with Crippen molar-refractivity contribution in [3.05, 3.63) is 0 Å². The van der Waals surface area contributed by atoms with E-state index in [-0.39, 0.29) is 12.5 Å². The molecular weight excluding hydrogens is 598 g/mol. The Morgan fingerprint density at radius 2 is 1.06 bits per heavy atom. The lowest BCUT2D eigenvalue weighted by atomic mass is 9.99. The highest BCUT2D eigenvalue weighted by Crippen LogP contribution is 2.23. The topological polar surface area (TPSA) is 149 Å². The number of unbranched alkanes of at least 4 members (excludes halogenated alkanes) is 22. The summed E-state index contributed by atoms with van der Waals surface area (Å²) in [4.78, 5) is 12.9. The summed E-state index contributed by atoms with van der Waals surface area (Å²) >= 11 is 0. The van der Waals surface area contributed by atoms with Crippen LogP contribution in [0, 0.1) is 0 Å². The Morgan fingerprint density at radius 3 is 1.51 bits per heavy atom. The highest BCUT2D eigenvalue weighted by Gasteiger charge is 2.44. The Morgan fingerprint density at radius 1 is 0.638 bits per heavy atom. The van der Waals surface area contributed by atoms with E-state index in [0.29, 0.717) is 12.8 Å². The van der Waals surface area contributed by atoms with Crippen molar-refractivity contribution in [3.63, 3.8) is 0 Å². The van der Waals surface area contributed by atoms with Gasteiger partial charge in [0, 0.05) is 6.42 Å². The van der Waals surface area contributed by atoms with Gasteiger partial charge in [0.05, 0.1) is 25.4 Å². The number of aliphatic hydroxyl groups is 5. The lowest BCUT2D eigenvalue weighted by Crippen LogP contribution is -2.60. The average Bonchev–Trinajstić information content (AvgIpc) is 3.07. The minimum absolute atomic E-state index is 0.133. The summed E-state index contributed by atoms with van der Waals surface area (Å²) < 4.78 is 11.2. The Labute approximate surface area is 287 Å². The second-order valence-electron chi connectivity index (χ2n) is 14.1. The van der Waals surface area contributed by atoms with Gasteiger partial charge in [0.25, 0.3) is 0 Å². The first-order valence-electron chi connectivity index (χ1n) is 19.7. The van der Waals surface area contributed by atoms with E-state index in [2.05, 4.69) is 19.2 Å². The van der Waals surface area contributed by atoms with Gasteiger partial charge in [-0.2, -0.15) is 0 Å². The molecule has 0 saturated carbocycles. The smallest absolute Gasteiger partial charge is 0.220 e. The summed E-state index contributed by atoms with van der Waals surface area (Å²) in [6.07, 6.45) is 22.5. The molecule has 0 aromatic heterocycles. The molecule has 1 unspecified atom stereocenters. The number of aliphatic hydroxyl groups excluding tert-OH is 5. The molecule has 1 fully saturated rings. The van der Waals surface area contributed by atoms with E-state index >= 15 is 0 Å². The zero-order chi connectivity index (χ0) is 34.5. The fourth-order valence-corrected chi connectivity index (χ4v) is 6.45. The maximum atomic E-state index is 12.9. The van der Waals surface area contributed by atoms with Gasteiger partial charge in [0.2, 0.25) is 5.91 Å². The van der Waals surface area contributed by atoms with Crippen LogP contribution in [0.4, 0.5) is 0 Å². The van der Waals surface area contributed by atoms with E-state index in [9.17, 15) is 30.3 Å². The number of carbonyl (C=O) groups is 1. The zero-order valence-corrected chi connectivity index (χ0v) is 30.3. The van der Waals surface area contributed by atoms with Crippen LogP contribution < -0.4 is 5.32 Å². The SMILES string of the molecule is CCCCCCCCCCCCCCC[C@@H](O)[C@H](COC1O[C@H](CO)[C@@H](O)[C@H](O)[C@H]1O)NC(=O)CCCCCCCCCCCCC. The molecule has 1 amide bonds. The predicted octanol–water partition coefficient (Wildman–Crippen LogP) is 6.83. The molecule has 7 atom stereocenters. The van der Waals surface area contributed by atoms with Crippen LogP contribution in [-0.4, -0.2) is 87.5 Å². The van der Waals surface area contributed by atoms with Gasteiger partial charge in [-0.05, 0) is 12.8 Å². The zero-order valence-electron chi connectivity index (χ0n) is 30.3. The van der Waals surface area contributed by atoms with Crippen LogP contribution in [0.3, 0.4) is 0 Å². The third-order valence-corrected chi connectivity index (χ3v) is 9.71. The highest BCUT2D eigenvalue weighted by atomic mass is 16.7. The first-order chi connectivity index (χ1) is 22.8. The Bertz CT molecular complexity index is 711. The van der Waals surface area contributed by atoms with Crippen LogP contribution in [-0.2, 0) is 14.3 Å². The summed E-state index contributed by atoms with van der Waals surface area (Å²) in [5.74, 6) is -0.146. The normalized spacial score (nSPS) is 22.7. The number of carbonyl (C=O) groups excluding carboxylic acids is 1. The average molecular weight is 674 g/mol. The largest absolute Gasteiger partial charge is 0.394 e. The van der Waals surface area contributed by atoms with Crippen LogP contribution in [0.25, 0.3) is 0 Å². The molecule has 1 rings (SSSR count). The Balaban J connectivity index is 2.41. The van der Waals surface area contributed by atoms with E-state index in [4.69, 9.17) is 9.47 Å². The monoisotopic (exact) mass is 674 g/mol. The number of hydrogen-bond donors (Lipinski definition) is 6. The van der Waals surface area contributed by atoms with E-state index in [1.165, 1.54) is 116 Å². The molecule has 6 N–H and O–H groups in total. The van der Waals surface area contributed by atoms with E-state index in [1.807, 2.05) is 0 Å². The standard InChI is InChI=1S/C38H75NO8/c1-3-5-7-9-11-13-15-16-18-19-21-23-25-27-32(41)31(30-46-38-37(45)36(44)35(43)33(29-40)47-38)39-34(42)28-26-24-22-20-17-14-12-10-8-6-4-2/h31-33,35-38,40-41,43-45H,3-30H2,1-2H3,(H,39,42)/t31-,32+,33+,35+,36-,37+,38?/m0/s1. The number of ether oxygens (including phenoxy) is 2. The van der Waals surface area contributed by atoms with Crippen molar-refractivity contribution < 1.29 is 39.8 Å². The number of amides is 1. The van der Waals surface area contributed by atoms with Crippen molar-refractivity contribution in [1.82, 2.24) is 5.32 Å². The third-order valence-electron chi connectivity index (χ3n) is 9.71. The molecular formula is C38H75NO8. The fraction of sp³-hybridized carbons (Fsp3) is 0.974. The molecule has 0 aromatic carbocycles. The van der Waals surface area contributed by atoms with Crippen LogP contribution in [0.15, 0.2) is 0 Å². The maximum absolute atomic E-state index is 12.9. The van der Waals surface area contributed by atoms with Crippen LogP contribution in [0.5, 0.6) is 0 Å². The minimum Gasteiger partial charge on any atom is -0.394 e. The number of hydrogen-bond acceptors (Lipinski definition) is 8. The first-order valence-corrected chi connectivity index (χ1v) is 19.7.